The maximum absolute atomic E-state index is 10.2. The smallest absolute Gasteiger partial charge is 0.118 e. The number of aliphatic hydroxyl groups excluding tert-OH is 1. The van der Waals surface area contributed by atoms with Crippen molar-refractivity contribution in [2.24, 2.45) is 0 Å². The van der Waals surface area contributed by atoms with Crippen molar-refractivity contribution in [1.29, 1.82) is 0 Å². The molecule has 0 spiro atoms. The van der Waals surface area contributed by atoms with E-state index in [0.717, 1.165) is 25.1 Å². The van der Waals surface area contributed by atoms with Crippen LogP contribution in [0.4, 0.5) is 0 Å². The second-order valence-corrected chi connectivity index (χ2v) is 6.18. The molecule has 0 amide bonds. The Balaban J connectivity index is 1.85. The predicted molar refractivity (Wildman–Crippen MR) is 89.8 cm³/mol. The Bertz CT molecular complexity index is 451. The van der Waals surface area contributed by atoms with Crippen LogP contribution in [-0.4, -0.2) is 62.7 Å². The normalized spacial score (nSPS) is 21.3. The highest BCUT2D eigenvalue weighted by molar-refractivity contribution is 5.29. The summed E-state index contributed by atoms with van der Waals surface area (Å²) in [6.07, 6.45) is 1.81. The minimum Gasteiger partial charge on any atom is -0.497 e. The lowest BCUT2D eigenvalue weighted by molar-refractivity contribution is -0.0406. The van der Waals surface area contributed by atoms with Gasteiger partial charge in [-0.2, -0.15) is 0 Å². The Morgan fingerprint density at radius 1 is 1.22 bits per heavy atom. The van der Waals surface area contributed by atoms with Crippen LogP contribution in [0.3, 0.4) is 0 Å². The van der Waals surface area contributed by atoms with Gasteiger partial charge in [0.2, 0.25) is 0 Å². The molecule has 2 rings (SSSR count). The van der Waals surface area contributed by atoms with Crippen LogP contribution in [0.15, 0.2) is 24.3 Å². The van der Waals surface area contributed by atoms with Crippen molar-refractivity contribution in [3.8, 4) is 5.75 Å². The van der Waals surface area contributed by atoms with E-state index in [2.05, 4.69) is 17.0 Å². The number of rotatable bonds is 9. The first-order valence-corrected chi connectivity index (χ1v) is 8.30. The molecule has 5 nitrogen and oxygen atoms in total. The summed E-state index contributed by atoms with van der Waals surface area (Å²) >= 11 is 0. The zero-order chi connectivity index (χ0) is 16.7. The SMILES string of the molecule is COCC(C)OCC(O)CN1CCCC1c1ccc(OC)cc1. The number of ether oxygens (including phenoxy) is 3. The number of β-amino-alcohol motifs (C(OH)–C–C–N with tert-alkyl or cyclic N) is 1. The van der Waals surface area contributed by atoms with E-state index in [4.69, 9.17) is 14.2 Å². The van der Waals surface area contributed by atoms with E-state index in [-0.39, 0.29) is 6.10 Å². The molecular weight excluding hydrogens is 294 g/mol. The number of benzene rings is 1. The number of hydrogen-bond donors (Lipinski definition) is 1. The van der Waals surface area contributed by atoms with E-state index in [1.54, 1.807) is 14.2 Å². The third-order valence-electron chi connectivity index (χ3n) is 4.28. The van der Waals surface area contributed by atoms with Crippen LogP contribution >= 0.6 is 0 Å². The summed E-state index contributed by atoms with van der Waals surface area (Å²) in [5, 5.41) is 10.2. The number of aliphatic hydroxyl groups is 1. The fraction of sp³-hybridized carbons (Fsp3) is 0.667. The first-order valence-electron chi connectivity index (χ1n) is 8.30. The largest absolute Gasteiger partial charge is 0.497 e. The zero-order valence-electron chi connectivity index (χ0n) is 14.4. The number of nitrogens with zero attached hydrogens (tertiary/aromatic N) is 1. The molecule has 3 atom stereocenters. The van der Waals surface area contributed by atoms with E-state index in [0.29, 0.717) is 25.8 Å². The van der Waals surface area contributed by atoms with Gasteiger partial charge in [0.1, 0.15) is 5.75 Å². The molecule has 1 aromatic rings. The van der Waals surface area contributed by atoms with E-state index in [9.17, 15) is 5.11 Å². The minimum absolute atomic E-state index is 0.00520. The van der Waals surface area contributed by atoms with Gasteiger partial charge in [0.05, 0.1) is 32.5 Å². The molecule has 3 unspecified atom stereocenters. The summed E-state index contributed by atoms with van der Waals surface area (Å²) in [4.78, 5) is 2.34. The Labute approximate surface area is 139 Å². The van der Waals surface area contributed by atoms with Crippen molar-refractivity contribution in [3.05, 3.63) is 29.8 Å². The number of methoxy groups -OCH3 is 2. The molecule has 130 valence electrons. The standard InChI is InChI=1S/C18H29NO4/c1-14(12-21-2)23-13-16(20)11-19-10-4-5-18(19)15-6-8-17(22-3)9-7-15/h6-9,14,16,18,20H,4-5,10-13H2,1-3H3. The third-order valence-corrected chi connectivity index (χ3v) is 4.28. The fourth-order valence-corrected chi connectivity index (χ4v) is 3.13. The highest BCUT2D eigenvalue weighted by Crippen LogP contribution is 2.32. The summed E-state index contributed by atoms with van der Waals surface area (Å²) in [6.45, 7) is 4.49. The molecule has 1 aromatic carbocycles. The van der Waals surface area contributed by atoms with Crippen LogP contribution in [0, 0.1) is 0 Å². The summed E-state index contributed by atoms with van der Waals surface area (Å²) < 4.78 is 15.9. The van der Waals surface area contributed by atoms with Gasteiger partial charge in [-0.1, -0.05) is 12.1 Å². The highest BCUT2D eigenvalue weighted by atomic mass is 16.5. The maximum atomic E-state index is 10.2. The average molecular weight is 323 g/mol. The number of hydrogen-bond acceptors (Lipinski definition) is 5. The van der Waals surface area contributed by atoms with Gasteiger partial charge >= 0.3 is 0 Å². The Hall–Kier alpha value is -1.14. The van der Waals surface area contributed by atoms with Gasteiger partial charge in [0.15, 0.2) is 0 Å². The molecule has 1 N–H and O–H groups in total. The van der Waals surface area contributed by atoms with Crippen LogP contribution in [-0.2, 0) is 9.47 Å². The van der Waals surface area contributed by atoms with E-state index >= 15 is 0 Å². The lowest BCUT2D eigenvalue weighted by Crippen LogP contribution is -2.35. The van der Waals surface area contributed by atoms with Gasteiger partial charge in [-0.15, -0.1) is 0 Å². The predicted octanol–water partition coefficient (Wildman–Crippen LogP) is 2.24. The van der Waals surface area contributed by atoms with Crippen molar-refractivity contribution in [2.45, 2.75) is 38.0 Å². The van der Waals surface area contributed by atoms with Gasteiger partial charge in [-0.3, -0.25) is 4.90 Å². The quantitative estimate of drug-likeness (QED) is 0.755. The zero-order valence-corrected chi connectivity index (χ0v) is 14.4. The molecule has 1 aliphatic heterocycles. The molecule has 1 heterocycles. The van der Waals surface area contributed by atoms with Crippen LogP contribution in [0.25, 0.3) is 0 Å². The molecule has 0 radical (unpaired) electrons. The molecule has 0 aliphatic carbocycles. The van der Waals surface area contributed by atoms with Crippen molar-refractivity contribution < 1.29 is 19.3 Å². The van der Waals surface area contributed by atoms with Gasteiger partial charge in [-0.05, 0) is 44.0 Å². The van der Waals surface area contributed by atoms with Gasteiger partial charge in [-0.25, -0.2) is 0 Å². The molecule has 0 saturated carbocycles. The fourth-order valence-electron chi connectivity index (χ4n) is 3.13. The molecule has 1 saturated heterocycles. The van der Waals surface area contributed by atoms with Crippen molar-refractivity contribution >= 4 is 0 Å². The Morgan fingerprint density at radius 2 is 1.96 bits per heavy atom. The molecule has 0 aromatic heterocycles. The Kier molecular flexibility index (Phi) is 7.30. The number of likely N-dealkylation sites (tertiary alicyclic amines) is 1. The lowest BCUT2D eigenvalue weighted by Gasteiger charge is -2.27. The van der Waals surface area contributed by atoms with Crippen molar-refractivity contribution in [1.82, 2.24) is 4.90 Å². The topological polar surface area (TPSA) is 51.2 Å². The summed E-state index contributed by atoms with van der Waals surface area (Å²) in [5.74, 6) is 0.874. The second-order valence-electron chi connectivity index (χ2n) is 6.18. The van der Waals surface area contributed by atoms with E-state index < -0.39 is 6.10 Å². The van der Waals surface area contributed by atoms with Crippen LogP contribution in [0.5, 0.6) is 5.75 Å². The van der Waals surface area contributed by atoms with E-state index in [1.807, 2.05) is 19.1 Å². The van der Waals surface area contributed by atoms with Gasteiger partial charge in [0.25, 0.3) is 0 Å². The highest BCUT2D eigenvalue weighted by Gasteiger charge is 2.27. The van der Waals surface area contributed by atoms with Crippen LogP contribution in [0.2, 0.25) is 0 Å². The first-order chi connectivity index (χ1) is 11.1. The lowest BCUT2D eigenvalue weighted by atomic mass is 10.0. The molecule has 5 heteroatoms. The van der Waals surface area contributed by atoms with Crippen LogP contribution in [0.1, 0.15) is 31.4 Å². The third kappa shape index (κ3) is 5.46. The first kappa shape index (κ1) is 18.2. The minimum atomic E-state index is -0.479. The second kappa shape index (κ2) is 9.23. The summed E-state index contributed by atoms with van der Waals surface area (Å²) in [5.41, 5.74) is 1.28. The van der Waals surface area contributed by atoms with Crippen molar-refractivity contribution in [3.63, 3.8) is 0 Å². The summed E-state index contributed by atoms with van der Waals surface area (Å²) in [7, 11) is 3.33. The van der Waals surface area contributed by atoms with Crippen molar-refractivity contribution in [2.75, 3.05) is 40.5 Å². The molecular formula is C18H29NO4. The summed E-state index contributed by atoms with van der Waals surface area (Å²) in [6, 6.07) is 8.60. The van der Waals surface area contributed by atoms with E-state index in [1.165, 1.54) is 5.56 Å². The molecule has 1 aliphatic rings. The monoisotopic (exact) mass is 323 g/mol. The molecule has 1 fully saturated rings. The van der Waals surface area contributed by atoms with Crippen LogP contribution < -0.4 is 4.74 Å². The molecule has 23 heavy (non-hydrogen) atoms. The molecule has 0 bridgehead atoms. The maximum Gasteiger partial charge on any atom is 0.118 e. The van der Waals surface area contributed by atoms with Gasteiger partial charge < -0.3 is 19.3 Å². The Morgan fingerprint density at radius 3 is 2.61 bits per heavy atom. The average Bonchev–Trinajstić information content (AvgIpc) is 3.01. The van der Waals surface area contributed by atoms with Gasteiger partial charge in [0, 0.05) is 19.7 Å².